The molecule has 0 aromatic heterocycles. The molecule has 0 bridgehead atoms. The van der Waals surface area contributed by atoms with Gasteiger partial charge in [0.2, 0.25) is 0 Å². The van der Waals surface area contributed by atoms with E-state index in [1.54, 1.807) is 6.08 Å². The van der Waals surface area contributed by atoms with Crippen LogP contribution < -0.4 is 0 Å². The van der Waals surface area contributed by atoms with Gasteiger partial charge in [-0.2, -0.15) is 0 Å². The van der Waals surface area contributed by atoms with Gasteiger partial charge in [0.25, 0.3) is 0 Å². The van der Waals surface area contributed by atoms with Crippen LogP contribution in [-0.4, -0.2) is 6.21 Å². The maximum Gasteiger partial charge on any atom is 0.0180 e. The van der Waals surface area contributed by atoms with Crippen LogP contribution in [0.4, 0.5) is 0 Å². The molecule has 0 aromatic rings. The van der Waals surface area contributed by atoms with Gasteiger partial charge in [0.05, 0.1) is 0 Å². The van der Waals surface area contributed by atoms with E-state index in [1.165, 1.54) is 11.8 Å². The summed E-state index contributed by atoms with van der Waals surface area (Å²) in [6.07, 6.45) is 6.12. The Morgan fingerprint density at radius 1 is 1.67 bits per heavy atom. The van der Waals surface area contributed by atoms with Crippen molar-refractivity contribution in [3.05, 3.63) is 21.8 Å². The van der Waals surface area contributed by atoms with Crippen LogP contribution in [0, 0.1) is 5.41 Å². The molecule has 0 unspecified atom stereocenters. The number of halogens is 1. The van der Waals surface area contributed by atoms with Crippen LogP contribution in [0.2, 0.25) is 0 Å². The molecule has 1 N–H and O–H groups in total. The van der Waals surface area contributed by atoms with Crippen LogP contribution in [0.1, 0.15) is 13.3 Å². The number of hydrogen-bond donors (Lipinski definition) is 1. The molecule has 9 heavy (non-hydrogen) atoms. The molecule has 0 rings (SSSR count). The first kappa shape index (κ1) is 8.88. The highest BCUT2D eigenvalue weighted by molar-refractivity contribution is 14.1. The summed E-state index contributed by atoms with van der Waals surface area (Å²) in [7, 11) is 0. The lowest BCUT2D eigenvalue weighted by atomic mass is 10.2. The van der Waals surface area contributed by atoms with E-state index in [1.807, 2.05) is 10.2 Å². The van der Waals surface area contributed by atoms with E-state index in [4.69, 9.17) is 5.41 Å². The second-order valence-electron chi connectivity index (χ2n) is 1.55. The summed E-state index contributed by atoms with van der Waals surface area (Å²) >= 11 is 2.17. The lowest BCUT2D eigenvalue weighted by molar-refractivity contribution is 1.15. The van der Waals surface area contributed by atoms with Crippen LogP contribution in [0.5, 0.6) is 0 Å². The fourth-order valence-electron chi connectivity index (χ4n) is 0.479. The van der Waals surface area contributed by atoms with Crippen molar-refractivity contribution in [1.82, 2.24) is 0 Å². The van der Waals surface area contributed by atoms with Gasteiger partial charge in [-0.15, -0.1) is 0 Å². The molecule has 0 fully saturated rings. The van der Waals surface area contributed by atoms with E-state index in [2.05, 4.69) is 29.5 Å². The van der Waals surface area contributed by atoms with E-state index < -0.39 is 0 Å². The monoisotopic (exact) mass is 235 g/mol. The molecular formula is C7H10IN. The summed E-state index contributed by atoms with van der Waals surface area (Å²) in [5, 5.41) is 6.78. The summed E-state index contributed by atoms with van der Waals surface area (Å²) in [5.41, 5.74) is 1.19. The van der Waals surface area contributed by atoms with Crippen molar-refractivity contribution in [2.24, 2.45) is 0 Å². The van der Waals surface area contributed by atoms with Crippen molar-refractivity contribution in [2.75, 3.05) is 0 Å². The van der Waals surface area contributed by atoms with E-state index >= 15 is 0 Å². The van der Waals surface area contributed by atoms with Gasteiger partial charge in [0, 0.05) is 6.21 Å². The fourth-order valence-corrected chi connectivity index (χ4v) is 0.941. The second kappa shape index (κ2) is 6.01. The topological polar surface area (TPSA) is 23.9 Å². The molecule has 0 aliphatic rings. The maximum absolute atomic E-state index is 6.78. The van der Waals surface area contributed by atoms with Crippen LogP contribution in [0.25, 0.3) is 0 Å². The minimum absolute atomic E-state index is 0.995. The third-order valence-corrected chi connectivity index (χ3v) is 1.34. The Morgan fingerprint density at radius 3 is 2.67 bits per heavy atom. The van der Waals surface area contributed by atoms with Gasteiger partial charge in [-0.25, -0.2) is 0 Å². The lowest BCUT2D eigenvalue weighted by Gasteiger charge is -1.89. The molecule has 0 saturated heterocycles. The molecule has 50 valence electrons. The predicted octanol–water partition coefficient (Wildman–Crippen LogP) is 2.92. The molecule has 0 aromatic carbocycles. The minimum Gasteiger partial charge on any atom is -0.309 e. The molecule has 1 nitrogen and oxygen atoms in total. The normalized spacial score (nSPS) is 12.4. The predicted molar refractivity (Wildman–Crippen MR) is 50.3 cm³/mol. The Bertz CT molecular complexity index is 136. The molecule has 0 amide bonds. The average Bonchev–Trinajstić information content (AvgIpc) is 1.88. The number of hydrogen-bond acceptors (Lipinski definition) is 1. The largest absolute Gasteiger partial charge is 0.309 e. The quantitative estimate of drug-likeness (QED) is 0.441. The van der Waals surface area contributed by atoms with Gasteiger partial charge >= 0.3 is 0 Å². The number of rotatable bonds is 3. The van der Waals surface area contributed by atoms with Crippen LogP contribution in [0.15, 0.2) is 21.8 Å². The van der Waals surface area contributed by atoms with Crippen LogP contribution in [0.3, 0.4) is 0 Å². The Morgan fingerprint density at radius 2 is 2.33 bits per heavy atom. The highest BCUT2D eigenvalue weighted by Gasteiger charge is 1.81. The molecule has 0 radical (unpaired) electrons. The molecule has 0 atom stereocenters. The Labute approximate surface area is 69.5 Å². The summed E-state index contributed by atoms with van der Waals surface area (Å²) < 4.78 is 1.95. The highest BCUT2D eigenvalue weighted by atomic mass is 127. The summed E-state index contributed by atoms with van der Waals surface area (Å²) in [6, 6.07) is 0. The molecule has 0 aliphatic heterocycles. The summed E-state index contributed by atoms with van der Waals surface area (Å²) in [6.45, 7) is 2.08. The van der Waals surface area contributed by atoms with Crippen molar-refractivity contribution in [3.8, 4) is 0 Å². The van der Waals surface area contributed by atoms with Crippen molar-refractivity contribution in [1.29, 1.82) is 5.41 Å². The smallest absolute Gasteiger partial charge is 0.0180 e. The minimum atomic E-state index is 0.995. The first-order valence-electron chi connectivity index (χ1n) is 2.81. The molecule has 0 spiro atoms. The van der Waals surface area contributed by atoms with E-state index in [9.17, 15) is 0 Å². The standard InChI is InChI=1S/C7H10IN/c1-2-7(3-5-8)4-6-9/h3-6,9H,2H2,1H3/b5-3-,7-4-,9-6?. The third kappa shape index (κ3) is 4.39. The maximum atomic E-state index is 6.78. The Kier molecular flexibility index (Phi) is 5.93. The molecular weight excluding hydrogens is 225 g/mol. The van der Waals surface area contributed by atoms with Gasteiger partial charge in [0.1, 0.15) is 0 Å². The zero-order chi connectivity index (χ0) is 7.11. The van der Waals surface area contributed by atoms with E-state index in [-0.39, 0.29) is 0 Å². The van der Waals surface area contributed by atoms with Gasteiger partial charge in [-0.1, -0.05) is 35.6 Å². The van der Waals surface area contributed by atoms with Crippen LogP contribution in [-0.2, 0) is 0 Å². The Balaban J connectivity index is 3.96. The zero-order valence-corrected chi connectivity index (χ0v) is 7.55. The number of allylic oxidation sites excluding steroid dienone is 3. The van der Waals surface area contributed by atoms with Crippen molar-refractivity contribution >= 4 is 28.8 Å². The first-order valence-corrected chi connectivity index (χ1v) is 4.06. The first-order chi connectivity index (χ1) is 4.35. The molecule has 2 heteroatoms. The van der Waals surface area contributed by atoms with Gasteiger partial charge in [0.15, 0.2) is 0 Å². The zero-order valence-electron chi connectivity index (χ0n) is 5.39. The Hall–Kier alpha value is -0.120. The van der Waals surface area contributed by atoms with Crippen molar-refractivity contribution < 1.29 is 0 Å². The average molecular weight is 235 g/mol. The van der Waals surface area contributed by atoms with Gasteiger partial charge < -0.3 is 5.41 Å². The van der Waals surface area contributed by atoms with E-state index in [0.717, 1.165) is 6.42 Å². The van der Waals surface area contributed by atoms with Crippen molar-refractivity contribution in [3.63, 3.8) is 0 Å². The molecule has 0 saturated carbocycles. The third-order valence-electron chi connectivity index (χ3n) is 0.983. The lowest BCUT2D eigenvalue weighted by Crippen LogP contribution is -1.73. The van der Waals surface area contributed by atoms with Crippen molar-refractivity contribution in [2.45, 2.75) is 13.3 Å². The number of nitrogens with one attached hydrogen (secondary N) is 1. The fraction of sp³-hybridized carbons (Fsp3) is 0.286. The summed E-state index contributed by atoms with van der Waals surface area (Å²) in [4.78, 5) is 0. The van der Waals surface area contributed by atoms with Gasteiger partial charge in [-0.3, -0.25) is 0 Å². The molecule has 0 heterocycles. The SMILES string of the molecule is CCC(/C=C\I)=C/C=N. The van der Waals surface area contributed by atoms with E-state index in [0.29, 0.717) is 0 Å². The van der Waals surface area contributed by atoms with Gasteiger partial charge in [-0.05, 0) is 22.2 Å². The summed E-state index contributed by atoms with van der Waals surface area (Å²) in [5.74, 6) is 0. The molecule has 0 aliphatic carbocycles. The highest BCUT2D eigenvalue weighted by Crippen LogP contribution is 2.02. The second-order valence-corrected chi connectivity index (χ2v) is 2.27. The van der Waals surface area contributed by atoms with Crippen LogP contribution >= 0.6 is 22.6 Å².